The maximum atomic E-state index is 13.3. The van der Waals surface area contributed by atoms with E-state index in [1.165, 1.54) is 14.2 Å². The molecule has 1 aliphatic heterocycles. The molecule has 1 aromatic heterocycles. The number of aliphatic hydroxyl groups excluding tert-OH is 2. The molecule has 3 N–H and O–H groups in total. The van der Waals surface area contributed by atoms with E-state index in [0.717, 1.165) is 0 Å². The van der Waals surface area contributed by atoms with Crippen molar-refractivity contribution in [2.45, 2.75) is 57.4 Å². The summed E-state index contributed by atoms with van der Waals surface area (Å²) in [5.41, 5.74) is 0.664. The predicted molar refractivity (Wildman–Crippen MR) is 158 cm³/mol. The van der Waals surface area contributed by atoms with Gasteiger partial charge in [-0.3, -0.25) is 4.79 Å². The number of methoxy groups -OCH3 is 2. The molecular formula is C33H34O10. The predicted octanol–water partition coefficient (Wildman–Crippen LogP) is 4.16. The van der Waals surface area contributed by atoms with E-state index in [4.69, 9.17) is 23.4 Å². The fourth-order valence-corrected chi connectivity index (χ4v) is 5.50. The third-order valence-electron chi connectivity index (χ3n) is 7.78. The molecule has 2 heterocycles. The topological polar surface area (TPSA) is 145 Å². The van der Waals surface area contributed by atoms with Gasteiger partial charge in [-0.1, -0.05) is 18.2 Å². The van der Waals surface area contributed by atoms with Gasteiger partial charge in [-0.05, 0) is 63.2 Å². The van der Waals surface area contributed by atoms with Crippen LogP contribution >= 0.6 is 0 Å². The molecule has 10 heteroatoms. The number of ketones is 1. The first-order chi connectivity index (χ1) is 20.4. The van der Waals surface area contributed by atoms with Crippen LogP contribution in [0.5, 0.6) is 17.2 Å². The van der Waals surface area contributed by atoms with E-state index < -0.39 is 35.8 Å². The summed E-state index contributed by atoms with van der Waals surface area (Å²) in [7, 11) is 2.93. The molecule has 1 fully saturated rings. The quantitative estimate of drug-likeness (QED) is 0.202. The number of rotatable bonds is 8. The van der Waals surface area contributed by atoms with E-state index in [9.17, 15) is 24.9 Å². The molecule has 0 aliphatic carbocycles. The number of aryl methyl sites for hydroxylation is 1. The number of aromatic hydroxyl groups is 1. The van der Waals surface area contributed by atoms with Gasteiger partial charge in [0.1, 0.15) is 41.1 Å². The summed E-state index contributed by atoms with van der Waals surface area (Å²) in [5, 5.41) is 32.1. The standard InChI is InChI=1S/C33H34O10/c1-17-25(41-32-28(37)27(36)30(40-5)33(2,3)43-32)12-11-19-14-20(31(38)42-29(17)19)16-24(35)18-10-13-26(39-4)22(15-18)21-8-6-7-9-23(21)34/h6-15,27-28,30,32,34,36-37H,16H2,1-5H3/t27-,28+,30+,32+/m0/s1. The Morgan fingerprint density at radius 3 is 2.37 bits per heavy atom. The first kappa shape index (κ1) is 30.2. The summed E-state index contributed by atoms with van der Waals surface area (Å²) >= 11 is 0. The van der Waals surface area contributed by atoms with Crippen LogP contribution in [-0.4, -0.2) is 65.5 Å². The minimum absolute atomic E-state index is 0.0444. The number of phenols is 1. The number of aliphatic hydroxyl groups is 2. The van der Waals surface area contributed by atoms with Gasteiger partial charge in [-0.25, -0.2) is 4.79 Å². The fraction of sp³-hybridized carbons (Fsp3) is 0.333. The molecule has 10 nitrogen and oxygen atoms in total. The lowest BCUT2D eigenvalue weighted by atomic mass is 9.89. The van der Waals surface area contributed by atoms with Gasteiger partial charge >= 0.3 is 5.63 Å². The van der Waals surface area contributed by atoms with Crippen LogP contribution < -0.4 is 15.1 Å². The van der Waals surface area contributed by atoms with Crippen LogP contribution in [0, 0.1) is 6.92 Å². The van der Waals surface area contributed by atoms with Crippen LogP contribution in [0.3, 0.4) is 0 Å². The van der Waals surface area contributed by atoms with E-state index in [1.807, 2.05) is 0 Å². The summed E-state index contributed by atoms with van der Waals surface area (Å²) in [4.78, 5) is 26.3. The van der Waals surface area contributed by atoms with E-state index in [0.29, 0.717) is 33.4 Å². The van der Waals surface area contributed by atoms with E-state index >= 15 is 0 Å². The van der Waals surface area contributed by atoms with E-state index in [1.54, 1.807) is 81.4 Å². The van der Waals surface area contributed by atoms with Crippen molar-refractivity contribution < 1.29 is 43.5 Å². The minimum atomic E-state index is -1.39. The van der Waals surface area contributed by atoms with Crippen LogP contribution in [0.25, 0.3) is 22.1 Å². The van der Waals surface area contributed by atoms with Gasteiger partial charge in [0.05, 0.1) is 12.7 Å². The monoisotopic (exact) mass is 590 g/mol. The first-order valence-electron chi connectivity index (χ1n) is 13.7. The van der Waals surface area contributed by atoms with Crippen LogP contribution in [0.2, 0.25) is 0 Å². The molecule has 43 heavy (non-hydrogen) atoms. The molecule has 4 aromatic rings. The number of carbonyl (C=O) groups is 1. The number of phenolic OH excluding ortho intramolecular Hbond substituents is 1. The van der Waals surface area contributed by atoms with Crippen LogP contribution in [0.1, 0.15) is 35.3 Å². The largest absolute Gasteiger partial charge is 0.507 e. The lowest BCUT2D eigenvalue weighted by Crippen LogP contribution is -2.63. The summed E-state index contributed by atoms with van der Waals surface area (Å²) in [6.07, 6.45) is -4.83. The van der Waals surface area contributed by atoms with Gasteiger partial charge in [-0.15, -0.1) is 0 Å². The number of hydrogen-bond donors (Lipinski definition) is 3. The van der Waals surface area contributed by atoms with Crippen LogP contribution in [0.15, 0.2) is 69.9 Å². The Balaban J connectivity index is 1.40. The first-order valence-corrected chi connectivity index (χ1v) is 13.7. The molecule has 0 spiro atoms. The van der Waals surface area contributed by atoms with Crippen molar-refractivity contribution in [3.63, 3.8) is 0 Å². The molecule has 4 atom stereocenters. The normalized spacial score (nSPS) is 21.5. The van der Waals surface area contributed by atoms with Crippen LogP contribution in [-0.2, 0) is 15.9 Å². The summed E-state index contributed by atoms with van der Waals surface area (Å²) < 4.78 is 28.2. The highest BCUT2D eigenvalue weighted by atomic mass is 16.7. The van der Waals surface area contributed by atoms with E-state index in [-0.39, 0.29) is 34.8 Å². The molecule has 0 unspecified atom stereocenters. The molecule has 3 aromatic carbocycles. The highest BCUT2D eigenvalue weighted by Gasteiger charge is 2.50. The molecule has 5 rings (SSSR count). The minimum Gasteiger partial charge on any atom is -0.507 e. The van der Waals surface area contributed by atoms with Gasteiger partial charge in [0, 0.05) is 46.7 Å². The number of Topliss-reactive ketones (excluding diaryl/α,β-unsaturated/α-hetero) is 1. The summed E-state index contributed by atoms with van der Waals surface area (Å²) in [6.45, 7) is 5.14. The second kappa shape index (κ2) is 11.8. The zero-order valence-corrected chi connectivity index (χ0v) is 24.5. The summed E-state index contributed by atoms with van der Waals surface area (Å²) in [5.74, 6) is 0.501. The van der Waals surface area contributed by atoms with Gasteiger partial charge in [-0.2, -0.15) is 0 Å². The molecule has 1 saturated heterocycles. The Hall–Kier alpha value is -4.22. The van der Waals surface area contributed by atoms with Crippen molar-refractivity contribution in [1.82, 2.24) is 0 Å². The lowest BCUT2D eigenvalue weighted by Gasteiger charge is -2.46. The Bertz CT molecular complexity index is 1720. The zero-order chi connectivity index (χ0) is 31.1. The molecular weight excluding hydrogens is 556 g/mol. The number of benzene rings is 3. The average molecular weight is 591 g/mol. The SMILES string of the molecule is COc1ccc(C(=O)Cc2cc3ccc(O[C@@H]4OC(C)(C)[C@H](OC)[C@@H](O)[C@H]4O)c(C)c3oc2=O)cc1-c1ccccc1O. The molecule has 0 radical (unpaired) electrons. The Morgan fingerprint density at radius 2 is 1.67 bits per heavy atom. The molecule has 0 amide bonds. The molecule has 226 valence electrons. The van der Waals surface area contributed by atoms with Gasteiger partial charge < -0.3 is 38.7 Å². The highest BCUT2D eigenvalue weighted by molar-refractivity contribution is 5.99. The fourth-order valence-electron chi connectivity index (χ4n) is 5.50. The number of hydrogen-bond acceptors (Lipinski definition) is 10. The van der Waals surface area contributed by atoms with Crippen molar-refractivity contribution in [1.29, 1.82) is 0 Å². The highest BCUT2D eigenvalue weighted by Crippen LogP contribution is 2.37. The Morgan fingerprint density at radius 1 is 0.953 bits per heavy atom. The molecule has 0 saturated carbocycles. The van der Waals surface area contributed by atoms with E-state index in [2.05, 4.69) is 0 Å². The lowest BCUT2D eigenvalue weighted by molar-refractivity contribution is -0.306. The van der Waals surface area contributed by atoms with Gasteiger partial charge in [0.25, 0.3) is 0 Å². The molecule has 0 bridgehead atoms. The number of carbonyl (C=O) groups excluding carboxylic acids is 1. The second-order valence-corrected chi connectivity index (χ2v) is 11.0. The van der Waals surface area contributed by atoms with Crippen molar-refractivity contribution in [3.05, 3.63) is 87.8 Å². The smallest absolute Gasteiger partial charge is 0.339 e. The van der Waals surface area contributed by atoms with Crippen molar-refractivity contribution in [3.8, 4) is 28.4 Å². The third kappa shape index (κ3) is 5.74. The second-order valence-electron chi connectivity index (χ2n) is 11.0. The number of ether oxygens (including phenoxy) is 4. The maximum absolute atomic E-state index is 13.3. The zero-order valence-electron chi connectivity index (χ0n) is 24.5. The number of para-hydroxylation sites is 1. The van der Waals surface area contributed by atoms with Crippen molar-refractivity contribution in [2.24, 2.45) is 0 Å². The molecule has 1 aliphatic rings. The van der Waals surface area contributed by atoms with Crippen molar-refractivity contribution in [2.75, 3.05) is 14.2 Å². The number of fused-ring (bicyclic) bond motifs is 1. The maximum Gasteiger partial charge on any atom is 0.339 e. The summed E-state index contributed by atoms with van der Waals surface area (Å²) in [6, 6.07) is 16.5. The Labute approximate surface area is 248 Å². The van der Waals surface area contributed by atoms with Crippen molar-refractivity contribution >= 4 is 16.8 Å². The van der Waals surface area contributed by atoms with Crippen LogP contribution in [0.4, 0.5) is 0 Å². The van der Waals surface area contributed by atoms with Gasteiger partial charge in [0.15, 0.2) is 5.78 Å². The van der Waals surface area contributed by atoms with Gasteiger partial charge in [0.2, 0.25) is 6.29 Å². The third-order valence-corrected chi connectivity index (χ3v) is 7.78. The average Bonchev–Trinajstić information content (AvgIpc) is 2.98. The Kier molecular flexibility index (Phi) is 8.31.